The van der Waals surface area contributed by atoms with Crippen LogP contribution in [0.15, 0.2) is 0 Å². The minimum Gasteiger partial charge on any atom is -0.466 e. The fraction of sp³-hybridized carbons (Fsp3) is 0.833. The normalized spacial score (nSPS) is 11.2. The molecule has 0 aliphatic heterocycles. The molecule has 0 amide bonds. The van der Waals surface area contributed by atoms with Gasteiger partial charge in [0.15, 0.2) is 0 Å². The molecule has 0 bridgehead atoms. The summed E-state index contributed by atoms with van der Waals surface area (Å²) in [4.78, 5) is 22.5. The number of hydrogen-bond acceptors (Lipinski definition) is 4. The average molecular weight is 334 g/mol. The number of unbranched alkanes of at least 4 members (excludes halogenated alkanes) is 2. The van der Waals surface area contributed by atoms with Gasteiger partial charge in [-0.15, -0.1) is 0 Å². The van der Waals surface area contributed by atoms with Gasteiger partial charge in [0.05, 0.1) is 6.61 Å². The number of halogens is 3. The predicted octanol–water partition coefficient (Wildman–Crippen LogP) is 3.80. The Bertz CT molecular complexity index is 277. The molecule has 19 heavy (non-hydrogen) atoms. The summed E-state index contributed by atoms with van der Waals surface area (Å²) in [6, 6.07) is 0. The molecule has 0 fully saturated rings. The maximum absolute atomic E-state index is 11.3. The standard InChI is InChI=1S/C12H19Cl3O4/c1-2-3-4-8-18-10(16)6-5-7-11(17)19-9-12(13,14)15/h2-9H2,1H3. The van der Waals surface area contributed by atoms with E-state index < -0.39 is 9.76 Å². The molecule has 0 atom stereocenters. The third-order valence-corrected chi connectivity index (χ3v) is 2.50. The summed E-state index contributed by atoms with van der Waals surface area (Å²) >= 11 is 16.3. The zero-order valence-electron chi connectivity index (χ0n) is 10.9. The van der Waals surface area contributed by atoms with Crippen LogP contribution in [0, 0.1) is 0 Å². The van der Waals surface area contributed by atoms with Crippen LogP contribution >= 0.6 is 34.8 Å². The maximum Gasteiger partial charge on any atom is 0.305 e. The van der Waals surface area contributed by atoms with Crippen molar-refractivity contribution in [1.82, 2.24) is 0 Å². The zero-order valence-corrected chi connectivity index (χ0v) is 13.2. The summed E-state index contributed by atoms with van der Waals surface area (Å²) < 4.78 is 8.10. The Morgan fingerprint density at radius 3 is 2.05 bits per heavy atom. The summed E-state index contributed by atoms with van der Waals surface area (Å²) in [6.45, 7) is 2.22. The van der Waals surface area contributed by atoms with Crippen molar-refractivity contribution in [2.24, 2.45) is 0 Å². The fourth-order valence-corrected chi connectivity index (χ4v) is 1.39. The molecule has 0 N–H and O–H groups in total. The van der Waals surface area contributed by atoms with Crippen molar-refractivity contribution in [1.29, 1.82) is 0 Å². The molecule has 4 nitrogen and oxygen atoms in total. The minimum atomic E-state index is -1.60. The van der Waals surface area contributed by atoms with Gasteiger partial charge in [-0.05, 0) is 12.8 Å². The van der Waals surface area contributed by atoms with E-state index in [2.05, 4.69) is 6.92 Å². The Hall–Kier alpha value is -0.190. The number of carbonyl (C=O) groups is 2. The van der Waals surface area contributed by atoms with E-state index in [1.54, 1.807) is 0 Å². The molecule has 0 aliphatic carbocycles. The molecule has 0 aromatic rings. The van der Waals surface area contributed by atoms with E-state index in [0.717, 1.165) is 19.3 Å². The first-order valence-electron chi connectivity index (χ1n) is 6.23. The van der Waals surface area contributed by atoms with Gasteiger partial charge in [0.2, 0.25) is 3.79 Å². The lowest BCUT2D eigenvalue weighted by Gasteiger charge is -2.11. The van der Waals surface area contributed by atoms with Crippen molar-refractivity contribution in [3.05, 3.63) is 0 Å². The molecule has 0 heterocycles. The lowest BCUT2D eigenvalue weighted by molar-refractivity contribution is -0.145. The Morgan fingerprint density at radius 1 is 0.947 bits per heavy atom. The predicted molar refractivity (Wildman–Crippen MR) is 75.6 cm³/mol. The van der Waals surface area contributed by atoms with Crippen LogP contribution in [0.25, 0.3) is 0 Å². The van der Waals surface area contributed by atoms with Crippen molar-refractivity contribution < 1.29 is 19.1 Å². The van der Waals surface area contributed by atoms with Crippen LogP contribution in [0.5, 0.6) is 0 Å². The molecule has 7 heteroatoms. The number of esters is 2. The van der Waals surface area contributed by atoms with Gasteiger partial charge in [0.1, 0.15) is 6.61 Å². The van der Waals surface area contributed by atoms with Crippen LogP contribution in [-0.4, -0.2) is 28.9 Å². The average Bonchev–Trinajstić information content (AvgIpc) is 2.31. The Labute approximate surface area is 128 Å². The van der Waals surface area contributed by atoms with E-state index in [1.165, 1.54) is 0 Å². The van der Waals surface area contributed by atoms with E-state index >= 15 is 0 Å². The lowest BCUT2D eigenvalue weighted by atomic mass is 10.2. The molecule has 0 saturated heterocycles. The largest absolute Gasteiger partial charge is 0.466 e. The van der Waals surface area contributed by atoms with Crippen LogP contribution < -0.4 is 0 Å². The first-order valence-corrected chi connectivity index (χ1v) is 7.36. The second-order valence-electron chi connectivity index (χ2n) is 4.06. The Balaban J connectivity index is 3.51. The van der Waals surface area contributed by atoms with Gasteiger partial charge in [-0.2, -0.15) is 0 Å². The minimum absolute atomic E-state index is 0.102. The zero-order chi connectivity index (χ0) is 14.7. The molecular formula is C12H19Cl3O4. The number of carbonyl (C=O) groups excluding carboxylic acids is 2. The molecule has 0 radical (unpaired) electrons. The lowest BCUT2D eigenvalue weighted by Crippen LogP contribution is -2.17. The highest BCUT2D eigenvalue weighted by Gasteiger charge is 2.22. The molecule has 0 rings (SSSR count). The highest BCUT2D eigenvalue weighted by molar-refractivity contribution is 6.67. The monoisotopic (exact) mass is 332 g/mol. The quantitative estimate of drug-likeness (QED) is 0.366. The number of hydrogen-bond donors (Lipinski definition) is 0. The van der Waals surface area contributed by atoms with Crippen molar-refractivity contribution in [2.75, 3.05) is 13.2 Å². The second-order valence-corrected chi connectivity index (χ2v) is 6.57. The number of ether oxygens (including phenoxy) is 2. The van der Waals surface area contributed by atoms with E-state index in [9.17, 15) is 9.59 Å². The summed E-state index contributed by atoms with van der Waals surface area (Å²) in [5.41, 5.74) is 0. The summed E-state index contributed by atoms with van der Waals surface area (Å²) in [6.07, 6.45) is 3.64. The van der Waals surface area contributed by atoms with E-state index in [-0.39, 0.29) is 25.4 Å². The first-order chi connectivity index (χ1) is 8.85. The number of rotatable bonds is 9. The summed E-state index contributed by atoms with van der Waals surface area (Å²) in [7, 11) is 0. The molecule has 0 aliphatic rings. The highest BCUT2D eigenvalue weighted by atomic mass is 35.6. The van der Waals surface area contributed by atoms with Crippen molar-refractivity contribution in [3.8, 4) is 0 Å². The van der Waals surface area contributed by atoms with Crippen LogP contribution in [0.2, 0.25) is 0 Å². The van der Waals surface area contributed by atoms with Gasteiger partial charge in [-0.3, -0.25) is 9.59 Å². The SMILES string of the molecule is CCCCCOC(=O)CCCC(=O)OCC(Cl)(Cl)Cl. The van der Waals surface area contributed by atoms with E-state index in [1.807, 2.05) is 0 Å². The molecule has 0 aromatic carbocycles. The van der Waals surface area contributed by atoms with E-state index in [0.29, 0.717) is 13.0 Å². The van der Waals surface area contributed by atoms with Crippen LogP contribution in [0.1, 0.15) is 45.4 Å². The molecular weight excluding hydrogens is 314 g/mol. The van der Waals surface area contributed by atoms with Gasteiger partial charge in [0, 0.05) is 12.8 Å². The molecule has 0 unspecified atom stereocenters. The molecule has 0 aromatic heterocycles. The topological polar surface area (TPSA) is 52.6 Å². The molecule has 0 spiro atoms. The smallest absolute Gasteiger partial charge is 0.305 e. The Morgan fingerprint density at radius 2 is 1.53 bits per heavy atom. The highest BCUT2D eigenvalue weighted by Crippen LogP contribution is 2.26. The second kappa shape index (κ2) is 10.6. The van der Waals surface area contributed by atoms with Crippen molar-refractivity contribution in [2.45, 2.75) is 49.2 Å². The summed E-state index contributed by atoms with van der Waals surface area (Å²) in [5.74, 6) is -0.796. The van der Waals surface area contributed by atoms with Gasteiger partial charge >= 0.3 is 11.9 Å². The molecule has 112 valence electrons. The van der Waals surface area contributed by atoms with Crippen molar-refractivity contribution in [3.63, 3.8) is 0 Å². The van der Waals surface area contributed by atoms with Crippen LogP contribution in [0.4, 0.5) is 0 Å². The molecule has 0 saturated carbocycles. The van der Waals surface area contributed by atoms with Crippen LogP contribution in [0.3, 0.4) is 0 Å². The maximum atomic E-state index is 11.3. The van der Waals surface area contributed by atoms with Gasteiger partial charge < -0.3 is 9.47 Å². The third kappa shape index (κ3) is 14.0. The van der Waals surface area contributed by atoms with Gasteiger partial charge in [-0.1, -0.05) is 54.6 Å². The van der Waals surface area contributed by atoms with E-state index in [4.69, 9.17) is 44.3 Å². The third-order valence-electron chi connectivity index (χ3n) is 2.17. The van der Waals surface area contributed by atoms with Crippen LogP contribution in [-0.2, 0) is 19.1 Å². The fourth-order valence-electron chi connectivity index (χ4n) is 1.22. The van der Waals surface area contributed by atoms with Gasteiger partial charge in [0.25, 0.3) is 0 Å². The van der Waals surface area contributed by atoms with Crippen molar-refractivity contribution >= 4 is 46.7 Å². The van der Waals surface area contributed by atoms with Gasteiger partial charge in [-0.25, -0.2) is 0 Å². The Kier molecular flexibility index (Phi) is 10.5. The first kappa shape index (κ1) is 18.8. The summed E-state index contributed by atoms with van der Waals surface area (Å²) in [5, 5.41) is 0. The number of alkyl halides is 3.